The summed E-state index contributed by atoms with van der Waals surface area (Å²) in [6.45, 7) is 1.99. The fourth-order valence-corrected chi connectivity index (χ4v) is 2.93. The van der Waals surface area contributed by atoms with Crippen LogP contribution in [0.1, 0.15) is 31.7 Å². The Morgan fingerprint density at radius 2 is 2.24 bits per heavy atom. The number of hydrogen-bond donors (Lipinski definition) is 2. The highest BCUT2D eigenvalue weighted by Gasteiger charge is 2.39. The second-order valence-electron chi connectivity index (χ2n) is 5.89. The molecule has 1 aliphatic carbocycles. The second kappa shape index (κ2) is 6.22. The lowest BCUT2D eigenvalue weighted by Crippen LogP contribution is -2.45. The average molecular weight is 292 g/mol. The Morgan fingerprint density at radius 3 is 2.90 bits per heavy atom. The summed E-state index contributed by atoms with van der Waals surface area (Å²) in [5.74, 6) is -0.240. The highest BCUT2D eigenvalue weighted by Crippen LogP contribution is 2.37. The van der Waals surface area contributed by atoms with Crippen LogP contribution in [0, 0.1) is 15.5 Å². The number of nitro benzene ring substituents is 1. The van der Waals surface area contributed by atoms with Gasteiger partial charge in [-0.25, -0.2) is 0 Å². The molecule has 1 aromatic rings. The van der Waals surface area contributed by atoms with E-state index in [-0.39, 0.29) is 36.1 Å². The van der Waals surface area contributed by atoms with Crippen LogP contribution in [-0.4, -0.2) is 28.6 Å². The molecule has 0 saturated heterocycles. The number of para-hydroxylation sites is 1. The van der Waals surface area contributed by atoms with Gasteiger partial charge in [-0.15, -0.1) is 0 Å². The van der Waals surface area contributed by atoms with E-state index in [4.69, 9.17) is 0 Å². The SMILES string of the molecule is CC1(CO)CCCC1NC(=O)Cc1ccccc1[N+](=O)[O-]. The van der Waals surface area contributed by atoms with Crippen molar-refractivity contribution < 1.29 is 14.8 Å². The molecule has 1 fully saturated rings. The van der Waals surface area contributed by atoms with Crippen molar-refractivity contribution in [1.29, 1.82) is 0 Å². The molecule has 114 valence electrons. The van der Waals surface area contributed by atoms with Gasteiger partial charge in [-0.3, -0.25) is 14.9 Å². The van der Waals surface area contributed by atoms with Gasteiger partial charge >= 0.3 is 0 Å². The predicted octanol–water partition coefficient (Wildman–Crippen LogP) is 1.80. The summed E-state index contributed by atoms with van der Waals surface area (Å²) in [5, 5.41) is 23.3. The van der Waals surface area contributed by atoms with Crippen molar-refractivity contribution >= 4 is 11.6 Å². The highest BCUT2D eigenvalue weighted by atomic mass is 16.6. The summed E-state index contributed by atoms with van der Waals surface area (Å²) in [7, 11) is 0. The van der Waals surface area contributed by atoms with Crippen LogP contribution in [0.2, 0.25) is 0 Å². The van der Waals surface area contributed by atoms with Crippen molar-refractivity contribution in [3.8, 4) is 0 Å². The molecule has 0 bridgehead atoms. The zero-order chi connectivity index (χ0) is 15.5. The molecule has 2 atom stereocenters. The van der Waals surface area contributed by atoms with E-state index in [1.807, 2.05) is 6.92 Å². The quantitative estimate of drug-likeness (QED) is 0.639. The number of nitrogens with zero attached hydrogens (tertiary/aromatic N) is 1. The molecule has 1 amide bonds. The first-order valence-corrected chi connectivity index (χ1v) is 7.09. The van der Waals surface area contributed by atoms with Crippen LogP contribution in [0.5, 0.6) is 0 Å². The van der Waals surface area contributed by atoms with Gasteiger partial charge in [-0.05, 0) is 12.8 Å². The second-order valence-corrected chi connectivity index (χ2v) is 5.89. The summed E-state index contributed by atoms with van der Waals surface area (Å²) in [5.41, 5.74) is 0.0749. The van der Waals surface area contributed by atoms with E-state index >= 15 is 0 Å². The Labute approximate surface area is 123 Å². The van der Waals surface area contributed by atoms with E-state index in [0.717, 1.165) is 19.3 Å². The summed E-state index contributed by atoms with van der Waals surface area (Å²) in [6, 6.07) is 6.19. The van der Waals surface area contributed by atoms with Crippen LogP contribution in [0.3, 0.4) is 0 Å². The smallest absolute Gasteiger partial charge is 0.273 e. The Balaban J connectivity index is 2.04. The van der Waals surface area contributed by atoms with Crippen LogP contribution in [0.15, 0.2) is 24.3 Å². The number of carbonyl (C=O) groups is 1. The number of aliphatic hydroxyl groups excluding tert-OH is 1. The van der Waals surface area contributed by atoms with Crippen molar-refractivity contribution in [2.45, 2.75) is 38.6 Å². The first-order chi connectivity index (χ1) is 9.96. The fraction of sp³-hybridized carbons (Fsp3) is 0.533. The molecule has 6 nitrogen and oxygen atoms in total. The fourth-order valence-electron chi connectivity index (χ4n) is 2.93. The van der Waals surface area contributed by atoms with E-state index in [9.17, 15) is 20.0 Å². The Hall–Kier alpha value is -1.95. The van der Waals surface area contributed by atoms with Crippen molar-refractivity contribution in [3.63, 3.8) is 0 Å². The highest BCUT2D eigenvalue weighted by molar-refractivity contribution is 5.80. The molecule has 1 aliphatic rings. The lowest BCUT2D eigenvalue weighted by Gasteiger charge is -2.30. The van der Waals surface area contributed by atoms with Gasteiger partial charge in [0.2, 0.25) is 5.91 Å². The summed E-state index contributed by atoms with van der Waals surface area (Å²) >= 11 is 0. The summed E-state index contributed by atoms with van der Waals surface area (Å²) in [6.07, 6.45) is 2.66. The monoisotopic (exact) mass is 292 g/mol. The molecule has 0 radical (unpaired) electrons. The minimum absolute atomic E-state index is 0.0187. The number of nitro groups is 1. The molecule has 6 heteroatoms. The summed E-state index contributed by atoms with van der Waals surface area (Å²) in [4.78, 5) is 22.6. The third-order valence-electron chi connectivity index (χ3n) is 4.32. The standard InChI is InChI=1S/C15H20N2O4/c1-15(10-18)8-4-7-13(15)16-14(19)9-11-5-2-3-6-12(11)17(20)21/h2-3,5-6,13,18H,4,7-10H2,1H3,(H,16,19). The number of benzene rings is 1. The maximum Gasteiger partial charge on any atom is 0.273 e. The van der Waals surface area contributed by atoms with E-state index < -0.39 is 4.92 Å². The molecule has 21 heavy (non-hydrogen) atoms. The molecule has 1 saturated carbocycles. The summed E-state index contributed by atoms with van der Waals surface area (Å²) < 4.78 is 0. The van der Waals surface area contributed by atoms with E-state index in [2.05, 4.69) is 5.32 Å². The minimum Gasteiger partial charge on any atom is -0.396 e. The first kappa shape index (κ1) is 15.4. The van der Waals surface area contributed by atoms with E-state index in [0.29, 0.717) is 5.56 Å². The Kier molecular flexibility index (Phi) is 4.57. The maximum atomic E-state index is 12.1. The van der Waals surface area contributed by atoms with Crippen molar-refractivity contribution in [1.82, 2.24) is 5.32 Å². The van der Waals surface area contributed by atoms with Crippen molar-refractivity contribution in [2.75, 3.05) is 6.61 Å². The number of amides is 1. The molecule has 0 spiro atoms. The molecule has 2 N–H and O–H groups in total. The van der Waals surface area contributed by atoms with Gasteiger partial charge in [0.15, 0.2) is 0 Å². The van der Waals surface area contributed by atoms with Crippen LogP contribution in [-0.2, 0) is 11.2 Å². The number of nitrogens with one attached hydrogen (secondary N) is 1. The van der Waals surface area contributed by atoms with Gasteiger partial charge in [0.05, 0.1) is 18.0 Å². The molecular formula is C15H20N2O4. The lowest BCUT2D eigenvalue weighted by atomic mass is 9.85. The number of hydrogen-bond acceptors (Lipinski definition) is 4. The van der Waals surface area contributed by atoms with E-state index in [1.165, 1.54) is 6.07 Å². The predicted molar refractivity (Wildman–Crippen MR) is 77.8 cm³/mol. The molecule has 0 heterocycles. The normalized spacial score (nSPS) is 24.8. The zero-order valence-corrected chi connectivity index (χ0v) is 12.0. The topological polar surface area (TPSA) is 92.5 Å². The molecule has 0 aliphatic heterocycles. The van der Waals surface area contributed by atoms with Gasteiger partial charge in [0, 0.05) is 23.1 Å². The van der Waals surface area contributed by atoms with Crippen molar-refractivity contribution in [3.05, 3.63) is 39.9 Å². The Bertz CT molecular complexity index is 546. The molecule has 1 aromatic carbocycles. The van der Waals surface area contributed by atoms with E-state index in [1.54, 1.807) is 18.2 Å². The number of rotatable bonds is 5. The molecule has 0 aromatic heterocycles. The van der Waals surface area contributed by atoms with Crippen LogP contribution in [0.4, 0.5) is 5.69 Å². The average Bonchev–Trinajstić information content (AvgIpc) is 2.81. The Morgan fingerprint density at radius 1 is 1.52 bits per heavy atom. The van der Waals surface area contributed by atoms with Crippen LogP contribution in [0.25, 0.3) is 0 Å². The van der Waals surface area contributed by atoms with Gasteiger partial charge in [0.1, 0.15) is 0 Å². The first-order valence-electron chi connectivity index (χ1n) is 7.09. The van der Waals surface area contributed by atoms with Gasteiger partial charge in [-0.2, -0.15) is 0 Å². The van der Waals surface area contributed by atoms with Gasteiger partial charge in [0.25, 0.3) is 5.69 Å². The van der Waals surface area contributed by atoms with Crippen LogP contribution >= 0.6 is 0 Å². The van der Waals surface area contributed by atoms with Gasteiger partial charge < -0.3 is 10.4 Å². The minimum atomic E-state index is -0.476. The largest absolute Gasteiger partial charge is 0.396 e. The third-order valence-corrected chi connectivity index (χ3v) is 4.32. The zero-order valence-electron chi connectivity index (χ0n) is 12.0. The molecule has 2 unspecified atom stereocenters. The van der Waals surface area contributed by atoms with Crippen LogP contribution < -0.4 is 5.32 Å². The molecule has 2 rings (SSSR count). The number of carbonyl (C=O) groups excluding carboxylic acids is 1. The van der Waals surface area contributed by atoms with Gasteiger partial charge in [-0.1, -0.05) is 31.5 Å². The van der Waals surface area contributed by atoms with Crippen molar-refractivity contribution in [2.24, 2.45) is 5.41 Å². The number of aliphatic hydroxyl groups is 1. The lowest BCUT2D eigenvalue weighted by molar-refractivity contribution is -0.385. The third kappa shape index (κ3) is 3.39. The molecular weight excluding hydrogens is 272 g/mol. The maximum absolute atomic E-state index is 12.1.